The summed E-state index contributed by atoms with van der Waals surface area (Å²) in [6.07, 6.45) is -0.413. The number of aliphatic hydroxyl groups excluding tert-OH is 1. The largest absolute Gasteiger partial charge is 0.497 e. The molecule has 0 aliphatic rings. The number of methoxy groups -OCH3 is 2. The van der Waals surface area contributed by atoms with Crippen molar-refractivity contribution < 1.29 is 14.6 Å². The van der Waals surface area contributed by atoms with E-state index in [9.17, 15) is 5.11 Å². The lowest BCUT2D eigenvalue weighted by atomic mass is 10.2. The highest BCUT2D eigenvalue weighted by Gasteiger charge is 2.08. The van der Waals surface area contributed by atoms with E-state index in [-0.39, 0.29) is 0 Å². The zero-order valence-electron chi connectivity index (χ0n) is 11.9. The highest BCUT2D eigenvalue weighted by Crippen LogP contribution is 2.18. The van der Waals surface area contributed by atoms with Crippen LogP contribution in [0.1, 0.15) is 0 Å². The Kier molecular flexibility index (Phi) is 7.25. The highest BCUT2D eigenvalue weighted by atomic mass is 16.5. The Balaban J connectivity index is 2.33. The second-order valence-corrected chi connectivity index (χ2v) is 4.43. The highest BCUT2D eigenvalue weighted by molar-refractivity contribution is 5.48. The van der Waals surface area contributed by atoms with E-state index in [1.807, 2.05) is 36.2 Å². The molecule has 0 spiro atoms. The van der Waals surface area contributed by atoms with Crippen molar-refractivity contribution >= 4 is 5.69 Å². The van der Waals surface area contributed by atoms with Crippen LogP contribution in [0.5, 0.6) is 5.75 Å². The summed E-state index contributed by atoms with van der Waals surface area (Å²) < 4.78 is 10.0. The molecule has 1 aromatic rings. The maximum absolute atomic E-state index is 9.91. The van der Waals surface area contributed by atoms with Crippen molar-refractivity contribution in [1.82, 2.24) is 5.32 Å². The normalized spacial score (nSPS) is 12.2. The predicted octanol–water partition coefficient (Wildman–Crippen LogP) is 0.728. The third-order valence-corrected chi connectivity index (χ3v) is 2.86. The van der Waals surface area contributed by atoms with Gasteiger partial charge in [0.05, 0.1) is 19.8 Å². The standard InChI is InChI=1S/C14H24N2O3/c1-16(11-13(17)10-15-8-9-18-2)12-4-6-14(19-3)7-5-12/h4-7,13,15,17H,8-11H2,1-3H3. The van der Waals surface area contributed by atoms with Crippen molar-refractivity contribution in [1.29, 1.82) is 0 Å². The molecule has 2 N–H and O–H groups in total. The quantitative estimate of drug-likeness (QED) is 0.647. The Morgan fingerprint density at radius 1 is 1.26 bits per heavy atom. The summed E-state index contributed by atoms with van der Waals surface area (Å²) in [6.45, 7) is 2.54. The molecule has 5 nitrogen and oxygen atoms in total. The maximum Gasteiger partial charge on any atom is 0.119 e. The molecule has 0 aliphatic carbocycles. The molecule has 5 heteroatoms. The van der Waals surface area contributed by atoms with Crippen LogP contribution in [0.3, 0.4) is 0 Å². The SMILES string of the molecule is COCCNCC(O)CN(C)c1ccc(OC)cc1. The van der Waals surface area contributed by atoms with Crippen molar-refractivity contribution in [3.05, 3.63) is 24.3 Å². The second kappa shape index (κ2) is 8.74. The molecule has 0 radical (unpaired) electrons. The Morgan fingerprint density at radius 2 is 1.95 bits per heavy atom. The maximum atomic E-state index is 9.91. The summed E-state index contributed by atoms with van der Waals surface area (Å²) in [5, 5.41) is 13.1. The Hall–Kier alpha value is -1.30. The molecule has 19 heavy (non-hydrogen) atoms. The van der Waals surface area contributed by atoms with E-state index in [4.69, 9.17) is 9.47 Å². The monoisotopic (exact) mass is 268 g/mol. The summed E-state index contributed by atoms with van der Waals surface area (Å²) in [7, 11) is 5.27. The third kappa shape index (κ3) is 5.92. The summed E-state index contributed by atoms with van der Waals surface area (Å²) in [6, 6.07) is 7.78. The van der Waals surface area contributed by atoms with E-state index < -0.39 is 6.10 Å². The molecule has 0 bridgehead atoms. The first kappa shape index (κ1) is 15.8. The first-order chi connectivity index (χ1) is 9.17. The van der Waals surface area contributed by atoms with Gasteiger partial charge in [0.25, 0.3) is 0 Å². The molecule has 0 fully saturated rings. The van der Waals surface area contributed by atoms with Gasteiger partial charge in [-0.1, -0.05) is 0 Å². The number of rotatable bonds is 9. The molecular weight excluding hydrogens is 244 g/mol. The summed E-state index contributed by atoms with van der Waals surface area (Å²) in [5.74, 6) is 0.832. The van der Waals surface area contributed by atoms with Crippen molar-refractivity contribution in [2.45, 2.75) is 6.10 Å². The lowest BCUT2D eigenvalue weighted by Gasteiger charge is -2.23. The minimum absolute atomic E-state index is 0.413. The topological polar surface area (TPSA) is 54.0 Å². The number of nitrogens with one attached hydrogen (secondary N) is 1. The molecule has 0 aliphatic heterocycles. The summed E-state index contributed by atoms with van der Waals surface area (Å²) in [4.78, 5) is 2.02. The first-order valence-electron chi connectivity index (χ1n) is 6.40. The summed E-state index contributed by atoms with van der Waals surface area (Å²) in [5.41, 5.74) is 1.05. The number of nitrogens with zero attached hydrogens (tertiary/aromatic N) is 1. The average Bonchev–Trinajstić information content (AvgIpc) is 2.43. The van der Waals surface area contributed by atoms with Crippen molar-refractivity contribution in [2.24, 2.45) is 0 Å². The van der Waals surface area contributed by atoms with E-state index in [0.29, 0.717) is 19.7 Å². The molecule has 1 aromatic carbocycles. The van der Waals surface area contributed by atoms with Gasteiger partial charge < -0.3 is 24.8 Å². The molecular formula is C14H24N2O3. The van der Waals surface area contributed by atoms with E-state index in [1.165, 1.54) is 0 Å². The first-order valence-corrected chi connectivity index (χ1v) is 6.40. The van der Waals surface area contributed by atoms with Crippen molar-refractivity contribution in [2.75, 3.05) is 52.4 Å². The number of ether oxygens (including phenoxy) is 2. The average molecular weight is 268 g/mol. The van der Waals surface area contributed by atoms with Gasteiger partial charge in [-0.25, -0.2) is 0 Å². The molecule has 0 saturated carbocycles. The smallest absolute Gasteiger partial charge is 0.119 e. The number of hydrogen-bond acceptors (Lipinski definition) is 5. The fourth-order valence-corrected chi connectivity index (χ4v) is 1.77. The van der Waals surface area contributed by atoms with Gasteiger partial charge in [-0.15, -0.1) is 0 Å². The van der Waals surface area contributed by atoms with Crippen molar-refractivity contribution in [3.8, 4) is 5.75 Å². The van der Waals surface area contributed by atoms with E-state index in [2.05, 4.69) is 5.32 Å². The van der Waals surface area contributed by atoms with Gasteiger partial charge in [-0.3, -0.25) is 0 Å². The molecule has 0 saturated heterocycles. The van der Waals surface area contributed by atoms with Gasteiger partial charge in [0.2, 0.25) is 0 Å². The third-order valence-electron chi connectivity index (χ3n) is 2.86. The van der Waals surface area contributed by atoms with Gasteiger partial charge in [-0.2, -0.15) is 0 Å². The number of anilines is 1. The van der Waals surface area contributed by atoms with Gasteiger partial charge in [-0.05, 0) is 24.3 Å². The molecule has 1 rings (SSSR count). The van der Waals surface area contributed by atoms with Crippen LogP contribution in [0.15, 0.2) is 24.3 Å². The van der Waals surface area contributed by atoms with Crippen LogP contribution in [-0.2, 0) is 4.74 Å². The van der Waals surface area contributed by atoms with Crippen LogP contribution >= 0.6 is 0 Å². The van der Waals surface area contributed by atoms with Gasteiger partial charge in [0, 0.05) is 39.5 Å². The zero-order valence-corrected chi connectivity index (χ0v) is 11.9. The molecule has 108 valence electrons. The second-order valence-electron chi connectivity index (χ2n) is 4.43. The van der Waals surface area contributed by atoms with Gasteiger partial charge >= 0.3 is 0 Å². The fraction of sp³-hybridized carbons (Fsp3) is 0.571. The molecule has 1 atom stereocenters. The number of aliphatic hydroxyl groups is 1. The minimum Gasteiger partial charge on any atom is -0.497 e. The van der Waals surface area contributed by atoms with E-state index >= 15 is 0 Å². The van der Waals surface area contributed by atoms with Crippen LogP contribution in [-0.4, -0.2) is 58.7 Å². The van der Waals surface area contributed by atoms with Crippen LogP contribution in [0.4, 0.5) is 5.69 Å². The predicted molar refractivity (Wildman–Crippen MR) is 77.0 cm³/mol. The van der Waals surface area contributed by atoms with E-state index in [0.717, 1.165) is 18.0 Å². The molecule has 0 amide bonds. The zero-order chi connectivity index (χ0) is 14.1. The number of likely N-dealkylation sites (N-methyl/N-ethyl adjacent to an activating group) is 1. The number of hydrogen-bond donors (Lipinski definition) is 2. The Labute approximate surface area is 115 Å². The fourth-order valence-electron chi connectivity index (χ4n) is 1.77. The van der Waals surface area contributed by atoms with Crippen LogP contribution in [0.25, 0.3) is 0 Å². The van der Waals surface area contributed by atoms with E-state index in [1.54, 1.807) is 14.2 Å². The van der Waals surface area contributed by atoms with Crippen LogP contribution in [0.2, 0.25) is 0 Å². The lowest BCUT2D eigenvalue weighted by Crippen LogP contribution is -2.37. The van der Waals surface area contributed by atoms with Gasteiger partial charge in [0.1, 0.15) is 5.75 Å². The van der Waals surface area contributed by atoms with Crippen LogP contribution in [0, 0.1) is 0 Å². The Bertz CT molecular complexity index is 343. The molecule has 1 unspecified atom stereocenters. The molecule has 0 heterocycles. The Morgan fingerprint density at radius 3 is 2.53 bits per heavy atom. The summed E-state index contributed by atoms with van der Waals surface area (Å²) >= 11 is 0. The lowest BCUT2D eigenvalue weighted by molar-refractivity contribution is 0.164. The van der Waals surface area contributed by atoms with Crippen LogP contribution < -0.4 is 15.0 Å². The van der Waals surface area contributed by atoms with Crippen molar-refractivity contribution in [3.63, 3.8) is 0 Å². The van der Waals surface area contributed by atoms with Gasteiger partial charge in [0.15, 0.2) is 0 Å². The number of benzene rings is 1. The minimum atomic E-state index is -0.413. The molecule has 0 aromatic heterocycles.